The molecule has 2 fully saturated rings. The Morgan fingerprint density at radius 3 is 2.21 bits per heavy atom. The van der Waals surface area contributed by atoms with E-state index in [4.69, 9.17) is 20.4 Å². The number of H-pyrrole nitrogens is 3. The van der Waals surface area contributed by atoms with Gasteiger partial charge in [-0.1, -0.05) is 62.4 Å². The number of aromatic nitrogens is 8. The molecule has 62 heavy (non-hydrogen) atoms. The Labute approximate surface area is 355 Å². The number of carbonyl (C=O) groups is 4. The molecular formula is C45H46N12O5. The molecule has 2 saturated heterocycles. The topological polar surface area (TPSA) is 234 Å². The van der Waals surface area contributed by atoms with Crippen LogP contribution >= 0.6 is 0 Å². The zero-order valence-corrected chi connectivity index (χ0v) is 34.3. The summed E-state index contributed by atoms with van der Waals surface area (Å²) in [5.74, 6) is 0.332. The fraction of sp³-hybridized carbons (Fsp3) is 0.311. The molecule has 1 unspecified atom stereocenters. The average molecular weight is 835 g/mol. The van der Waals surface area contributed by atoms with Crippen molar-refractivity contribution in [1.29, 1.82) is 0 Å². The van der Waals surface area contributed by atoms with Crippen LogP contribution in [-0.4, -0.2) is 99.5 Å². The van der Waals surface area contributed by atoms with E-state index in [9.17, 15) is 19.2 Å². The molecule has 4 aromatic heterocycles. The summed E-state index contributed by atoms with van der Waals surface area (Å²) >= 11 is 0. The number of amides is 4. The van der Waals surface area contributed by atoms with Crippen LogP contribution in [0.25, 0.3) is 55.7 Å². The van der Waals surface area contributed by atoms with E-state index in [1.54, 1.807) is 28.4 Å². The molecule has 0 bridgehead atoms. The number of imidazole rings is 2. The van der Waals surface area contributed by atoms with E-state index >= 15 is 0 Å². The van der Waals surface area contributed by atoms with Crippen molar-refractivity contribution in [2.75, 3.05) is 19.6 Å². The SMILES string of the molecule is CCC(C)[C@H](OC(N)=O)C(=O)N1CCC[C@H]1c1ncc(-c2ccc(-c3cnc4cc(-c5cnc([C@@H]6CCCN6C(=O)CNC(=O)c6n[nH]c7ccccc67)[nH]5)ccc4n3)cc2)[nH]1. The van der Waals surface area contributed by atoms with E-state index in [1.807, 2.05) is 80.6 Å². The van der Waals surface area contributed by atoms with Crippen LogP contribution in [0.2, 0.25) is 0 Å². The van der Waals surface area contributed by atoms with E-state index in [1.165, 1.54) is 0 Å². The molecule has 7 aromatic rings. The molecule has 316 valence electrons. The first kappa shape index (κ1) is 40.0. The smallest absolute Gasteiger partial charge is 0.405 e. The van der Waals surface area contributed by atoms with E-state index in [0.717, 1.165) is 76.0 Å². The van der Waals surface area contributed by atoms with Gasteiger partial charge in [-0.2, -0.15) is 5.10 Å². The van der Waals surface area contributed by atoms with Crippen LogP contribution in [0.4, 0.5) is 4.79 Å². The van der Waals surface area contributed by atoms with Crippen molar-refractivity contribution in [2.24, 2.45) is 11.7 Å². The number of benzene rings is 3. The van der Waals surface area contributed by atoms with Gasteiger partial charge in [-0.15, -0.1) is 0 Å². The first-order chi connectivity index (χ1) is 30.1. The number of hydrogen-bond donors (Lipinski definition) is 5. The molecule has 17 nitrogen and oxygen atoms in total. The highest BCUT2D eigenvalue weighted by Gasteiger charge is 2.39. The molecule has 0 saturated carbocycles. The number of nitrogens with two attached hydrogens (primary N) is 1. The van der Waals surface area contributed by atoms with Crippen molar-refractivity contribution in [3.63, 3.8) is 0 Å². The van der Waals surface area contributed by atoms with Crippen molar-refractivity contribution in [2.45, 2.75) is 64.1 Å². The summed E-state index contributed by atoms with van der Waals surface area (Å²) in [5.41, 5.74) is 12.8. The zero-order valence-electron chi connectivity index (χ0n) is 34.3. The predicted molar refractivity (Wildman–Crippen MR) is 230 cm³/mol. The second kappa shape index (κ2) is 16.9. The van der Waals surface area contributed by atoms with Gasteiger partial charge in [0.2, 0.25) is 5.91 Å². The maximum absolute atomic E-state index is 13.5. The minimum atomic E-state index is -0.960. The summed E-state index contributed by atoms with van der Waals surface area (Å²) in [4.78, 5) is 80.7. The first-order valence-electron chi connectivity index (χ1n) is 20.9. The zero-order chi connectivity index (χ0) is 42.9. The average Bonchev–Trinajstić information content (AvgIpc) is 4.15. The van der Waals surface area contributed by atoms with E-state index in [2.05, 4.69) is 35.5 Å². The van der Waals surface area contributed by atoms with Crippen LogP contribution in [0.3, 0.4) is 0 Å². The van der Waals surface area contributed by atoms with Crippen molar-refractivity contribution in [3.8, 4) is 33.8 Å². The van der Waals surface area contributed by atoms with E-state index in [-0.39, 0.29) is 42.1 Å². The van der Waals surface area contributed by atoms with Crippen molar-refractivity contribution < 1.29 is 23.9 Å². The Kier molecular flexibility index (Phi) is 10.9. The molecule has 2 aliphatic heterocycles. The number of hydrogen-bond acceptors (Lipinski definition) is 10. The van der Waals surface area contributed by atoms with Gasteiger partial charge >= 0.3 is 6.09 Å². The number of aromatic amines is 3. The molecule has 4 atom stereocenters. The van der Waals surface area contributed by atoms with Crippen LogP contribution in [0.1, 0.15) is 80.2 Å². The molecular weight excluding hydrogens is 789 g/mol. The third-order valence-corrected chi connectivity index (χ3v) is 12.0. The lowest BCUT2D eigenvalue weighted by Gasteiger charge is -2.29. The van der Waals surface area contributed by atoms with Crippen molar-refractivity contribution in [3.05, 3.63) is 103 Å². The minimum Gasteiger partial charge on any atom is -0.436 e. The highest BCUT2D eigenvalue weighted by molar-refractivity contribution is 6.05. The Morgan fingerprint density at radius 2 is 1.48 bits per heavy atom. The van der Waals surface area contributed by atoms with Crippen LogP contribution in [0.5, 0.6) is 0 Å². The number of ether oxygens (including phenoxy) is 1. The van der Waals surface area contributed by atoms with Gasteiger partial charge in [-0.05, 0) is 55.9 Å². The lowest BCUT2D eigenvalue weighted by atomic mass is 10.00. The Hall–Kier alpha value is -7.43. The second-order valence-corrected chi connectivity index (χ2v) is 15.9. The molecule has 3 aromatic carbocycles. The van der Waals surface area contributed by atoms with Crippen LogP contribution in [0.15, 0.2) is 85.3 Å². The molecule has 6 N–H and O–H groups in total. The lowest BCUT2D eigenvalue weighted by Crippen LogP contribution is -2.45. The summed E-state index contributed by atoms with van der Waals surface area (Å²) in [6.45, 7) is 4.78. The lowest BCUT2D eigenvalue weighted by molar-refractivity contribution is -0.144. The number of carbonyl (C=O) groups excluding carboxylic acids is 4. The fourth-order valence-electron chi connectivity index (χ4n) is 8.50. The van der Waals surface area contributed by atoms with Crippen LogP contribution in [0, 0.1) is 5.92 Å². The van der Waals surface area contributed by atoms with Gasteiger partial charge in [0, 0.05) is 35.5 Å². The predicted octanol–water partition coefficient (Wildman–Crippen LogP) is 6.22. The Bertz CT molecular complexity index is 2790. The first-order valence-corrected chi connectivity index (χ1v) is 20.9. The third kappa shape index (κ3) is 7.84. The molecule has 9 rings (SSSR count). The second-order valence-electron chi connectivity index (χ2n) is 15.9. The Morgan fingerprint density at radius 1 is 0.823 bits per heavy atom. The van der Waals surface area contributed by atoms with Crippen LogP contribution < -0.4 is 11.1 Å². The maximum atomic E-state index is 13.5. The maximum Gasteiger partial charge on any atom is 0.405 e. The van der Waals surface area contributed by atoms with Crippen molar-refractivity contribution >= 4 is 45.8 Å². The number of primary amides is 1. The number of para-hydroxylation sites is 1. The van der Waals surface area contributed by atoms with Gasteiger partial charge in [0.15, 0.2) is 11.8 Å². The number of rotatable bonds is 12. The quantitative estimate of drug-likeness (QED) is 0.0932. The van der Waals surface area contributed by atoms with Crippen LogP contribution in [-0.2, 0) is 14.3 Å². The van der Waals surface area contributed by atoms with Gasteiger partial charge in [0.05, 0.1) is 70.9 Å². The van der Waals surface area contributed by atoms with Gasteiger partial charge in [-0.3, -0.25) is 24.5 Å². The van der Waals surface area contributed by atoms with Gasteiger partial charge in [0.1, 0.15) is 11.6 Å². The Balaban J connectivity index is 0.840. The van der Waals surface area contributed by atoms with Gasteiger partial charge in [-0.25, -0.2) is 19.7 Å². The summed E-state index contributed by atoms with van der Waals surface area (Å²) in [6.07, 6.45) is 7.17. The number of fused-ring (bicyclic) bond motifs is 2. The summed E-state index contributed by atoms with van der Waals surface area (Å²) < 4.78 is 5.27. The normalized spacial score (nSPS) is 17.4. The third-order valence-electron chi connectivity index (χ3n) is 12.0. The van der Waals surface area contributed by atoms with E-state index < -0.39 is 18.1 Å². The summed E-state index contributed by atoms with van der Waals surface area (Å²) in [7, 11) is 0. The highest BCUT2D eigenvalue weighted by atomic mass is 16.6. The molecule has 2 aliphatic rings. The molecule has 0 spiro atoms. The number of likely N-dealkylation sites (tertiary alicyclic amines) is 2. The van der Waals surface area contributed by atoms with Gasteiger partial charge in [0.25, 0.3) is 11.8 Å². The van der Waals surface area contributed by atoms with Crippen molar-refractivity contribution in [1.82, 2.24) is 55.2 Å². The molecule has 6 heterocycles. The number of nitrogens with one attached hydrogen (secondary N) is 4. The summed E-state index contributed by atoms with van der Waals surface area (Å²) in [5, 5.41) is 10.4. The number of nitrogens with zero attached hydrogens (tertiary/aromatic N) is 7. The molecule has 0 radical (unpaired) electrons. The molecule has 0 aliphatic carbocycles. The van der Waals surface area contributed by atoms with E-state index in [0.29, 0.717) is 36.5 Å². The largest absolute Gasteiger partial charge is 0.436 e. The summed E-state index contributed by atoms with van der Waals surface area (Å²) in [6, 6.07) is 20.7. The van der Waals surface area contributed by atoms with Gasteiger partial charge < -0.3 is 35.6 Å². The minimum absolute atomic E-state index is 0.146. The highest BCUT2D eigenvalue weighted by Crippen LogP contribution is 2.35. The standard InChI is InChI=1S/C45H46N12O5/c1-3-25(2)40(62-45(46)61)44(60)57-19-7-11-37(57)42-48-22-34(52-42)27-14-12-26(13-15-27)33-21-47-32-20-28(16-17-31(32)51-33)35-23-49-41(53-35)36-10-6-18-56(36)38(58)24-50-43(59)39-29-8-4-5-9-30(29)54-55-39/h4-5,8-9,12-17,20-23,25,36-37,40H,3,6-7,10-11,18-19,24H2,1-2H3,(H2,46,61)(H,48,52)(H,49,53)(H,50,59)(H,54,55)/t25?,36-,37-,40-/m0/s1. The monoisotopic (exact) mass is 834 g/mol. The molecule has 4 amide bonds. The fourth-order valence-corrected chi connectivity index (χ4v) is 8.50. The molecule has 17 heteroatoms.